The van der Waals surface area contributed by atoms with Gasteiger partial charge in [0.15, 0.2) is 17.0 Å². The number of nitrogens with zero attached hydrogens (tertiary/aromatic N) is 3. The Hall–Kier alpha value is -3.73. The largest absolute Gasteiger partial charge is 0.480 e. The predicted molar refractivity (Wildman–Crippen MR) is 166 cm³/mol. The number of methoxy groups -OCH3 is 1. The third-order valence-corrected chi connectivity index (χ3v) is 7.96. The summed E-state index contributed by atoms with van der Waals surface area (Å²) in [4.78, 5) is 9.37. The zero-order chi connectivity index (χ0) is 29.4. The van der Waals surface area contributed by atoms with Crippen LogP contribution in [0.3, 0.4) is 0 Å². The molecule has 1 saturated heterocycles. The molecule has 3 aromatic carbocycles. The molecule has 0 bridgehead atoms. The van der Waals surface area contributed by atoms with Crippen molar-refractivity contribution < 1.29 is 23.7 Å². The summed E-state index contributed by atoms with van der Waals surface area (Å²) in [5.74, 6) is 0.521. The lowest BCUT2D eigenvalue weighted by Gasteiger charge is -2.26. The maximum Gasteiger partial charge on any atom is 0.226 e. The SMILES string of the molecule is COc1nc(SC)nc2c1ccn2[C@H]1O[C@H](COCc2ccccc2)[C@@H](OCc2ccccc2)[C@@H]1OCc1ccccc1. The smallest absolute Gasteiger partial charge is 0.226 e. The molecular formula is C34H35N3O5S. The van der Waals surface area contributed by atoms with E-state index in [1.54, 1.807) is 7.11 Å². The fraction of sp³-hybridized carbons (Fsp3) is 0.294. The fourth-order valence-electron chi connectivity index (χ4n) is 5.28. The molecule has 4 atom stereocenters. The number of hydrogen-bond donors (Lipinski definition) is 0. The molecular weight excluding hydrogens is 562 g/mol. The van der Waals surface area contributed by atoms with Crippen molar-refractivity contribution in [2.45, 2.75) is 49.5 Å². The lowest BCUT2D eigenvalue weighted by molar-refractivity contribution is -0.0913. The third kappa shape index (κ3) is 6.92. The quantitative estimate of drug-likeness (QED) is 0.113. The van der Waals surface area contributed by atoms with Crippen LogP contribution in [-0.4, -0.2) is 52.8 Å². The van der Waals surface area contributed by atoms with Crippen molar-refractivity contribution in [3.8, 4) is 5.88 Å². The molecule has 9 heteroatoms. The molecule has 2 aromatic heterocycles. The van der Waals surface area contributed by atoms with Gasteiger partial charge in [-0.25, -0.2) is 4.98 Å². The van der Waals surface area contributed by atoms with E-state index in [1.807, 2.05) is 77.7 Å². The van der Waals surface area contributed by atoms with Crippen LogP contribution >= 0.6 is 11.8 Å². The first-order valence-electron chi connectivity index (χ1n) is 14.3. The van der Waals surface area contributed by atoms with Crippen LogP contribution in [0.15, 0.2) is 108 Å². The van der Waals surface area contributed by atoms with Gasteiger partial charge in [0.25, 0.3) is 0 Å². The normalized spacial score (nSPS) is 20.0. The van der Waals surface area contributed by atoms with E-state index in [-0.39, 0.29) is 6.10 Å². The molecule has 0 N–H and O–H groups in total. The van der Waals surface area contributed by atoms with Crippen LogP contribution in [0.25, 0.3) is 11.0 Å². The minimum Gasteiger partial charge on any atom is -0.480 e. The summed E-state index contributed by atoms with van der Waals surface area (Å²) in [5.41, 5.74) is 3.95. The summed E-state index contributed by atoms with van der Waals surface area (Å²) >= 11 is 1.46. The Bertz CT molecular complexity index is 1590. The van der Waals surface area contributed by atoms with Gasteiger partial charge in [-0.05, 0) is 29.0 Å². The van der Waals surface area contributed by atoms with Gasteiger partial charge in [0.2, 0.25) is 5.88 Å². The van der Waals surface area contributed by atoms with Gasteiger partial charge in [-0.15, -0.1) is 0 Å². The first kappa shape index (κ1) is 29.3. The summed E-state index contributed by atoms with van der Waals surface area (Å²) < 4.78 is 33.9. The van der Waals surface area contributed by atoms with Gasteiger partial charge in [-0.1, -0.05) is 103 Å². The summed E-state index contributed by atoms with van der Waals surface area (Å²) in [7, 11) is 1.62. The van der Waals surface area contributed by atoms with E-state index in [4.69, 9.17) is 28.7 Å². The zero-order valence-electron chi connectivity index (χ0n) is 24.2. The van der Waals surface area contributed by atoms with E-state index in [1.165, 1.54) is 11.8 Å². The van der Waals surface area contributed by atoms with Gasteiger partial charge >= 0.3 is 0 Å². The first-order valence-corrected chi connectivity index (χ1v) is 15.5. The lowest BCUT2D eigenvalue weighted by Crippen LogP contribution is -2.38. The van der Waals surface area contributed by atoms with Crippen molar-refractivity contribution in [2.24, 2.45) is 0 Å². The molecule has 1 aliphatic heterocycles. The Kier molecular flexibility index (Phi) is 9.66. The second kappa shape index (κ2) is 14.2. The number of rotatable bonds is 13. The Labute approximate surface area is 255 Å². The van der Waals surface area contributed by atoms with Crippen molar-refractivity contribution >= 4 is 22.8 Å². The van der Waals surface area contributed by atoms with Gasteiger partial charge in [-0.3, -0.25) is 0 Å². The molecule has 8 nitrogen and oxygen atoms in total. The molecule has 0 aliphatic carbocycles. The van der Waals surface area contributed by atoms with E-state index in [0.717, 1.165) is 22.1 Å². The monoisotopic (exact) mass is 597 g/mol. The summed E-state index contributed by atoms with van der Waals surface area (Å²) in [6, 6.07) is 32.3. The number of ether oxygens (including phenoxy) is 5. The summed E-state index contributed by atoms with van der Waals surface area (Å²) in [6.45, 7) is 1.63. The Morgan fingerprint density at radius 1 is 0.744 bits per heavy atom. The lowest BCUT2D eigenvalue weighted by atomic mass is 10.1. The highest BCUT2D eigenvalue weighted by Crippen LogP contribution is 2.38. The van der Waals surface area contributed by atoms with Crippen LogP contribution < -0.4 is 4.74 Å². The van der Waals surface area contributed by atoms with Crippen molar-refractivity contribution in [2.75, 3.05) is 20.0 Å². The van der Waals surface area contributed by atoms with Gasteiger partial charge in [0, 0.05) is 6.20 Å². The third-order valence-electron chi connectivity index (χ3n) is 7.42. The molecule has 0 unspecified atom stereocenters. The average Bonchev–Trinajstić information content (AvgIpc) is 3.64. The Morgan fingerprint density at radius 2 is 1.33 bits per heavy atom. The van der Waals surface area contributed by atoms with Crippen molar-refractivity contribution in [1.29, 1.82) is 0 Å². The average molecular weight is 598 g/mol. The minimum atomic E-state index is -0.526. The van der Waals surface area contributed by atoms with E-state index in [0.29, 0.717) is 43.1 Å². The highest BCUT2D eigenvalue weighted by atomic mass is 32.2. The number of thioether (sulfide) groups is 1. The van der Waals surface area contributed by atoms with Crippen molar-refractivity contribution in [3.63, 3.8) is 0 Å². The van der Waals surface area contributed by atoms with Crippen LogP contribution in [-0.2, 0) is 38.8 Å². The van der Waals surface area contributed by atoms with Crippen LogP contribution in [0, 0.1) is 0 Å². The highest BCUT2D eigenvalue weighted by Gasteiger charge is 2.48. The summed E-state index contributed by atoms with van der Waals surface area (Å²) in [5, 5.41) is 1.42. The molecule has 0 spiro atoms. The van der Waals surface area contributed by atoms with Gasteiger partial charge < -0.3 is 28.3 Å². The second-order valence-electron chi connectivity index (χ2n) is 10.3. The van der Waals surface area contributed by atoms with Gasteiger partial charge in [0.05, 0.1) is 38.9 Å². The fourth-order valence-corrected chi connectivity index (χ4v) is 5.64. The highest BCUT2D eigenvalue weighted by molar-refractivity contribution is 7.98. The van der Waals surface area contributed by atoms with E-state index in [2.05, 4.69) is 41.4 Å². The Morgan fingerprint density at radius 3 is 1.91 bits per heavy atom. The summed E-state index contributed by atoms with van der Waals surface area (Å²) in [6.07, 6.45) is 2.12. The predicted octanol–water partition coefficient (Wildman–Crippen LogP) is 6.45. The van der Waals surface area contributed by atoms with Crippen LogP contribution in [0.5, 0.6) is 5.88 Å². The maximum atomic E-state index is 6.78. The Balaban J connectivity index is 1.33. The topological polar surface area (TPSA) is 76.9 Å². The minimum absolute atomic E-state index is 0.337. The van der Waals surface area contributed by atoms with Crippen molar-refractivity contribution in [1.82, 2.24) is 14.5 Å². The standard InChI is InChI=1S/C34H35N3O5S/c1-38-32-27-18-19-37(31(27)35-34(36-32)43-2)33-30(41-22-26-16-10-5-11-17-26)29(40-21-25-14-8-4-9-15-25)28(42-33)23-39-20-24-12-6-3-7-13-24/h3-19,28-30,33H,20-23H2,1-2H3/t28-,29-,30+,33+/m1/s1. The van der Waals surface area contributed by atoms with Gasteiger partial charge in [0.1, 0.15) is 18.3 Å². The molecule has 222 valence electrons. The zero-order valence-corrected chi connectivity index (χ0v) is 25.1. The van der Waals surface area contributed by atoms with Gasteiger partial charge in [-0.2, -0.15) is 4.98 Å². The molecule has 1 fully saturated rings. The molecule has 43 heavy (non-hydrogen) atoms. The molecule has 1 aliphatic rings. The van der Waals surface area contributed by atoms with Crippen molar-refractivity contribution in [3.05, 3.63) is 120 Å². The maximum absolute atomic E-state index is 6.78. The number of aromatic nitrogens is 3. The van der Waals surface area contributed by atoms with Crippen LogP contribution in [0.4, 0.5) is 0 Å². The first-order chi connectivity index (χ1) is 21.2. The molecule has 0 amide bonds. The molecule has 0 saturated carbocycles. The van der Waals surface area contributed by atoms with Crippen LogP contribution in [0.2, 0.25) is 0 Å². The molecule has 0 radical (unpaired) electrons. The molecule has 6 rings (SSSR count). The van der Waals surface area contributed by atoms with E-state index >= 15 is 0 Å². The van der Waals surface area contributed by atoms with Crippen LogP contribution in [0.1, 0.15) is 22.9 Å². The number of hydrogen-bond acceptors (Lipinski definition) is 8. The second-order valence-corrected chi connectivity index (χ2v) is 11.0. The number of fused-ring (bicyclic) bond motifs is 1. The number of benzene rings is 3. The van der Waals surface area contributed by atoms with E-state index in [9.17, 15) is 0 Å². The molecule has 3 heterocycles. The van der Waals surface area contributed by atoms with E-state index < -0.39 is 18.4 Å². The molecule has 5 aromatic rings.